The Kier molecular flexibility index (Phi) is 10.1. The highest BCUT2D eigenvalue weighted by atomic mass is 16.7. The van der Waals surface area contributed by atoms with Crippen LogP contribution in [0.25, 0.3) is 0 Å². The molecule has 0 bridgehead atoms. The molecule has 1 rings (SSSR count). The first-order chi connectivity index (χ1) is 14.1. The molecule has 166 valence electrons. The summed E-state index contributed by atoms with van der Waals surface area (Å²) in [6.07, 6.45) is -0.963. The lowest BCUT2D eigenvalue weighted by atomic mass is 10.2. The van der Waals surface area contributed by atoms with E-state index < -0.39 is 17.8 Å². The Morgan fingerprint density at radius 3 is 2.17 bits per heavy atom. The summed E-state index contributed by atoms with van der Waals surface area (Å²) in [4.78, 5) is 46.4. The highest BCUT2D eigenvalue weighted by Gasteiger charge is 2.16. The van der Waals surface area contributed by atoms with Crippen LogP contribution in [-0.4, -0.2) is 55.9 Å². The van der Waals surface area contributed by atoms with E-state index in [2.05, 4.69) is 20.7 Å². The molecule has 0 aliphatic heterocycles. The standard InChI is InChI=1S/C20H29N3O7/c1-5-28-19(27)29-15-9-7-14(8-10-15)17(25)22-12-6-11-21-16(24)13-23-18(26)30-20(2,3)4/h7-10H,5-6,11-13H2,1-4H3,(H,21,24)(H,22,25)(H,23,26). The second-order valence-electron chi connectivity index (χ2n) is 7.12. The molecule has 0 aliphatic carbocycles. The van der Waals surface area contributed by atoms with Gasteiger partial charge in [0.15, 0.2) is 0 Å². The largest absolute Gasteiger partial charge is 0.513 e. The summed E-state index contributed by atoms with van der Waals surface area (Å²) in [5, 5.41) is 7.71. The quantitative estimate of drug-likeness (QED) is 0.314. The molecule has 1 aromatic carbocycles. The summed E-state index contributed by atoms with van der Waals surface area (Å²) in [6, 6.07) is 6.02. The van der Waals surface area contributed by atoms with Crippen molar-refractivity contribution in [2.24, 2.45) is 0 Å². The van der Waals surface area contributed by atoms with E-state index in [1.165, 1.54) is 24.3 Å². The average Bonchev–Trinajstić information content (AvgIpc) is 2.65. The van der Waals surface area contributed by atoms with E-state index in [1.807, 2.05) is 0 Å². The van der Waals surface area contributed by atoms with Gasteiger partial charge in [-0.05, 0) is 58.4 Å². The van der Waals surface area contributed by atoms with Gasteiger partial charge in [-0.2, -0.15) is 0 Å². The molecule has 3 N–H and O–H groups in total. The van der Waals surface area contributed by atoms with Crippen LogP contribution in [-0.2, 0) is 14.3 Å². The molecule has 3 amide bonds. The van der Waals surface area contributed by atoms with Gasteiger partial charge >= 0.3 is 12.2 Å². The van der Waals surface area contributed by atoms with Crippen LogP contribution in [0.5, 0.6) is 5.75 Å². The summed E-state index contributed by atoms with van der Waals surface area (Å²) in [5.41, 5.74) is -0.232. The summed E-state index contributed by atoms with van der Waals surface area (Å²) in [7, 11) is 0. The highest BCUT2D eigenvalue weighted by Crippen LogP contribution is 2.13. The molecule has 0 saturated carbocycles. The minimum Gasteiger partial charge on any atom is -0.444 e. The van der Waals surface area contributed by atoms with E-state index in [0.717, 1.165) is 0 Å². The maximum atomic E-state index is 12.1. The van der Waals surface area contributed by atoms with E-state index in [-0.39, 0.29) is 30.7 Å². The fourth-order valence-corrected chi connectivity index (χ4v) is 2.07. The highest BCUT2D eigenvalue weighted by molar-refractivity contribution is 5.94. The van der Waals surface area contributed by atoms with Crippen molar-refractivity contribution in [3.05, 3.63) is 29.8 Å². The predicted molar refractivity (Wildman–Crippen MR) is 108 cm³/mol. The van der Waals surface area contributed by atoms with E-state index >= 15 is 0 Å². The molecule has 0 atom stereocenters. The van der Waals surface area contributed by atoms with E-state index in [0.29, 0.717) is 25.1 Å². The van der Waals surface area contributed by atoms with Crippen molar-refractivity contribution in [1.82, 2.24) is 16.0 Å². The number of carbonyl (C=O) groups excluding carboxylic acids is 4. The van der Waals surface area contributed by atoms with Gasteiger partial charge in [-0.3, -0.25) is 9.59 Å². The fourth-order valence-electron chi connectivity index (χ4n) is 2.07. The molecule has 30 heavy (non-hydrogen) atoms. The van der Waals surface area contributed by atoms with E-state index in [1.54, 1.807) is 27.7 Å². The van der Waals surface area contributed by atoms with Gasteiger partial charge in [-0.1, -0.05) is 0 Å². The molecule has 0 aliphatic rings. The lowest BCUT2D eigenvalue weighted by Gasteiger charge is -2.19. The second-order valence-corrected chi connectivity index (χ2v) is 7.12. The van der Waals surface area contributed by atoms with Crippen molar-refractivity contribution in [3.63, 3.8) is 0 Å². The molecular weight excluding hydrogens is 394 g/mol. The lowest BCUT2D eigenvalue weighted by molar-refractivity contribution is -0.120. The number of ether oxygens (including phenoxy) is 3. The summed E-state index contributed by atoms with van der Waals surface area (Å²) >= 11 is 0. The smallest absolute Gasteiger partial charge is 0.444 e. The second kappa shape index (κ2) is 12.3. The summed E-state index contributed by atoms with van der Waals surface area (Å²) in [5.74, 6) is -0.382. The van der Waals surface area contributed by atoms with Crippen LogP contribution in [0.15, 0.2) is 24.3 Å². The molecule has 0 heterocycles. The Morgan fingerprint density at radius 1 is 0.933 bits per heavy atom. The normalized spacial score (nSPS) is 10.5. The maximum Gasteiger partial charge on any atom is 0.513 e. The molecule has 0 saturated heterocycles. The van der Waals surface area contributed by atoms with Gasteiger partial charge in [0.2, 0.25) is 5.91 Å². The maximum absolute atomic E-state index is 12.1. The first-order valence-corrected chi connectivity index (χ1v) is 9.57. The third-order valence-electron chi connectivity index (χ3n) is 3.33. The third-order valence-corrected chi connectivity index (χ3v) is 3.33. The molecule has 0 spiro atoms. The molecular formula is C20H29N3O7. The van der Waals surface area contributed by atoms with Gasteiger partial charge in [-0.25, -0.2) is 9.59 Å². The first-order valence-electron chi connectivity index (χ1n) is 9.57. The predicted octanol–water partition coefficient (Wildman–Crippen LogP) is 1.98. The monoisotopic (exact) mass is 423 g/mol. The zero-order valence-corrected chi connectivity index (χ0v) is 17.7. The Balaban J connectivity index is 2.21. The number of amides is 3. The first kappa shape index (κ1) is 24.7. The topological polar surface area (TPSA) is 132 Å². The SMILES string of the molecule is CCOC(=O)Oc1ccc(C(=O)NCCCNC(=O)CNC(=O)OC(C)(C)C)cc1. The number of nitrogens with one attached hydrogen (secondary N) is 3. The summed E-state index contributed by atoms with van der Waals surface area (Å²) in [6.45, 7) is 7.55. The molecule has 0 aromatic heterocycles. The van der Waals surface area contributed by atoms with Crippen molar-refractivity contribution in [1.29, 1.82) is 0 Å². The number of rotatable bonds is 9. The van der Waals surface area contributed by atoms with Crippen LogP contribution in [0, 0.1) is 0 Å². The zero-order valence-electron chi connectivity index (χ0n) is 17.7. The van der Waals surface area contributed by atoms with Crippen LogP contribution in [0.4, 0.5) is 9.59 Å². The number of alkyl carbamates (subject to hydrolysis) is 1. The van der Waals surface area contributed by atoms with E-state index in [4.69, 9.17) is 9.47 Å². The van der Waals surface area contributed by atoms with Gasteiger partial charge in [0.1, 0.15) is 11.4 Å². The Labute approximate surface area is 175 Å². The summed E-state index contributed by atoms with van der Waals surface area (Å²) < 4.78 is 14.6. The molecule has 1 aromatic rings. The molecule has 0 fully saturated rings. The Bertz CT molecular complexity index is 727. The number of hydrogen-bond donors (Lipinski definition) is 3. The van der Waals surface area contributed by atoms with Gasteiger partial charge in [-0.15, -0.1) is 0 Å². The minimum atomic E-state index is -0.807. The fraction of sp³-hybridized carbons (Fsp3) is 0.500. The van der Waals surface area contributed by atoms with Gasteiger partial charge in [0.05, 0.1) is 13.2 Å². The van der Waals surface area contributed by atoms with Crippen LogP contribution < -0.4 is 20.7 Å². The van der Waals surface area contributed by atoms with Crippen LogP contribution in [0.1, 0.15) is 44.5 Å². The van der Waals surface area contributed by atoms with Gasteiger partial charge in [0, 0.05) is 18.7 Å². The van der Waals surface area contributed by atoms with Crippen molar-refractivity contribution in [3.8, 4) is 5.75 Å². The Morgan fingerprint density at radius 2 is 1.57 bits per heavy atom. The third kappa shape index (κ3) is 10.9. The molecule has 10 heteroatoms. The van der Waals surface area contributed by atoms with Crippen molar-refractivity contribution >= 4 is 24.1 Å². The lowest BCUT2D eigenvalue weighted by Crippen LogP contribution is -2.40. The van der Waals surface area contributed by atoms with Crippen LogP contribution >= 0.6 is 0 Å². The van der Waals surface area contributed by atoms with Gasteiger partial charge in [0.25, 0.3) is 5.91 Å². The van der Waals surface area contributed by atoms with Crippen LogP contribution in [0.3, 0.4) is 0 Å². The van der Waals surface area contributed by atoms with Crippen LogP contribution in [0.2, 0.25) is 0 Å². The molecule has 0 radical (unpaired) electrons. The zero-order chi connectivity index (χ0) is 22.6. The van der Waals surface area contributed by atoms with E-state index in [9.17, 15) is 19.2 Å². The number of carbonyl (C=O) groups is 4. The van der Waals surface area contributed by atoms with Crippen molar-refractivity contribution in [2.75, 3.05) is 26.2 Å². The van der Waals surface area contributed by atoms with Crippen molar-refractivity contribution < 1.29 is 33.4 Å². The molecule has 0 unspecified atom stereocenters. The number of hydrogen-bond acceptors (Lipinski definition) is 7. The van der Waals surface area contributed by atoms with Crippen molar-refractivity contribution in [2.45, 2.75) is 39.7 Å². The van der Waals surface area contributed by atoms with Gasteiger partial charge < -0.3 is 30.2 Å². The Hall–Kier alpha value is -3.30. The minimum absolute atomic E-state index is 0.193. The molecule has 10 nitrogen and oxygen atoms in total. The average molecular weight is 423 g/mol. The number of benzene rings is 1.